The van der Waals surface area contributed by atoms with E-state index in [0.717, 1.165) is 26.1 Å². The second-order valence-corrected chi connectivity index (χ2v) is 3.06. The van der Waals surface area contributed by atoms with Crippen molar-refractivity contribution in [2.45, 2.75) is 19.5 Å². The molecule has 0 fully saturated rings. The average Bonchev–Trinajstić information content (AvgIpc) is 2.50. The Balaban J connectivity index is 0. The first kappa shape index (κ1) is 17.4. The van der Waals surface area contributed by atoms with Gasteiger partial charge in [-0.2, -0.15) is 5.10 Å². The van der Waals surface area contributed by atoms with E-state index in [-0.39, 0.29) is 37.2 Å². The average molecular weight is 276 g/mol. The van der Waals surface area contributed by atoms with E-state index in [0.29, 0.717) is 6.54 Å². The number of halogens is 3. The zero-order valence-electron chi connectivity index (χ0n) is 8.31. The van der Waals surface area contributed by atoms with E-state index in [2.05, 4.69) is 15.1 Å². The van der Waals surface area contributed by atoms with Crippen molar-refractivity contribution in [3.63, 3.8) is 0 Å². The van der Waals surface area contributed by atoms with Crippen molar-refractivity contribution in [2.24, 2.45) is 5.73 Å². The second kappa shape index (κ2) is 8.19. The minimum absolute atomic E-state index is 0. The molecular weight excluding hydrogens is 258 g/mol. The lowest BCUT2D eigenvalue weighted by Crippen LogP contribution is -2.29. The molecule has 2 rings (SSSR count). The Morgan fingerprint density at radius 2 is 2.13 bits per heavy atom. The molecule has 0 amide bonds. The maximum atomic E-state index is 5.50. The molecule has 1 aromatic heterocycles. The summed E-state index contributed by atoms with van der Waals surface area (Å²) in [5.74, 6) is 0. The van der Waals surface area contributed by atoms with E-state index in [1.165, 1.54) is 11.3 Å². The summed E-state index contributed by atoms with van der Waals surface area (Å²) in [6.45, 7) is 3.66. The van der Waals surface area contributed by atoms with Gasteiger partial charge in [-0.3, -0.25) is 4.68 Å². The molecule has 0 spiro atoms. The molecule has 7 heteroatoms. The zero-order chi connectivity index (χ0) is 8.39. The molecule has 4 nitrogen and oxygen atoms in total. The van der Waals surface area contributed by atoms with Gasteiger partial charge in [0.15, 0.2) is 0 Å². The van der Waals surface area contributed by atoms with E-state index < -0.39 is 0 Å². The lowest BCUT2D eigenvalue weighted by Gasteiger charge is -2.15. The fourth-order valence-electron chi connectivity index (χ4n) is 1.60. The van der Waals surface area contributed by atoms with Gasteiger partial charge in [0.05, 0.1) is 18.4 Å². The van der Waals surface area contributed by atoms with Crippen LogP contribution in [-0.4, -0.2) is 22.9 Å². The molecule has 0 radical (unpaired) electrons. The van der Waals surface area contributed by atoms with Crippen molar-refractivity contribution in [3.05, 3.63) is 17.5 Å². The van der Waals surface area contributed by atoms with E-state index in [9.17, 15) is 0 Å². The van der Waals surface area contributed by atoms with Crippen molar-refractivity contribution in [1.29, 1.82) is 0 Å². The molecule has 2 heterocycles. The summed E-state index contributed by atoms with van der Waals surface area (Å²) in [5, 5.41) is 7.62. The molecule has 0 aliphatic carbocycles. The number of nitrogens with one attached hydrogen (secondary N) is 1. The van der Waals surface area contributed by atoms with Crippen LogP contribution >= 0.6 is 37.2 Å². The van der Waals surface area contributed by atoms with Gasteiger partial charge in [-0.1, -0.05) is 0 Å². The predicted octanol–water partition coefficient (Wildman–Crippen LogP) is 0.753. The SMILES string of the molecule is Cl.Cl.Cl.NCCc1cnn2c1CNCC2. The first-order valence-corrected chi connectivity index (χ1v) is 4.36. The van der Waals surface area contributed by atoms with Crippen molar-refractivity contribution in [1.82, 2.24) is 15.1 Å². The Morgan fingerprint density at radius 3 is 2.80 bits per heavy atom. The number of fused-ring (bicyclic) bond motifs is 1. The lowest BCUT2D eigenvalue weighted by atomic mass is 10.1. The van der Waals surface area contributed by atoms with Gasteiger partial charge in [0.25, 0.3) is 0 Å². The van der Waals surface area contributed by atoms with E-state index in [1.54, 1.807) is 0 Å². The molecule has 0 saturated heterocycles. The van der Waals surface area contributed by atoms with Crippen LogP contribution < -0.4 is 11.1 Å². The van der Waals surface area contributed by atoms with Crippen LogP contribution in [0.5, 0.6) is 0 Å². The topological polar surface area (TPSA) is 55.9 Å². The number of rotatable bonds is 2. The summed E-state index contributed by atoms with van der Waals surface area (Å²) in [7, 11) is 0. The molecule has 90 valence electrons. The van der Waals surface area contributed by atoms with Crippen LogP contribution in [0.4, 0.5) is 0 Å². The van der Waals surface area contributed by atoms with Crippen LogP contribution in [-0.2, 0) is 19.5 Å². The highest BCUT2D eigenvalue weighted by atomic mass is 35.5. The number of nitrogens with zero attached hydrogens (tertiary/aromatic N) is 2. The van der Waals surface area contributed by atoms with Gasteiger partial charge in [-0.25, -0.2) is 0 Å². The summed E-state index contributed by atoms with van der Waals surface area (Å²) < 4.78 is 2.07. The molecule has 0 aromatic carbocycles. The molecule has 0 unspecified atom stereocenters. The summed E-state index contributed by atoms with van der Waals surface area (Å²) in [4.78, 5) is 0. The van der Waals surface area contributed by atoms with Crippen LogP contribution in [0.1, 0.15) is 11.3 Å². The quantitative estimate of drug-likeness (QED) is 0.838. The molecule has 0 saturated carbocycles. The molecular formula is C8H17Cl3N4. The molecule has 0 atom stereocenters. The van der Waals surface area contributed by atoms with Crippen molar-refractivity contribution in [2.75, 3.05) is 13.1 Å². The van der Waals surface area contributed by atoms with Crippen LogP contribution in [0.25, 0.3) is 0 Å². The van der Waals surface area contributed by atoms with Crippen molar-refractivity contribution in [3.8, 4) is 0 Å². The van der Waals surface area contributed by atoms with Crippen LogP contribution in [0.2, 0.25) is 0 Å². The van der Waals surface area contributed by atoms with E-state index >= 15 is 0 Å². The Morgan fingerprint density at radius 1 is 1.40 bits per heavy atom. The summed E-state index contributed by atoms with van der Waals surface area (Å²) >= 11 is 0. The largest absolute Gasteiger partial charge is 0.330 e. The monoisotopic (exact) mass is 274 g/mol. The maximum absolute atomic E-state index is 5.50. The predicted molar refractivity (Wildman–Crippen MR) is 68.4 cm³/mol. The highest BCUT2D eigenvalue weighted by Gasteiger charge is 2.12. The third-order valence-corrected chi connectivity index (χ3v) is 2.24. The lowest BCUT2D eigenvalue weighted by molar-refractivity contribution is 0.473. The van der Waals surface area contributed by atoms with E-state index in [1.807, 2.05) is 6.20 Å². The fraction of sp³-hybridized carbons (Fsp3) is 0.625. The van der Waals surface area contributed by atoms with Gasteiger partial charge in [0.2, 0.25) is 0 Å². The Labute approximate surface area is 108 Å². The molecule has 15 heavy (non-hydrogen) atoms. The smallest absolute Gasteiger partial charge is 0.0555 e. The van der Waals surface area contributed by atoms with Gasteiger partial charge in [0, 0.05) is 13.1 Å². The maximum Gasteiger partial charge on any atom is 0.0555 e. The molecule has 1 aliphatic rings. The molecule has 1 aromatic rings. The van der Waals surface area contributed by atoms with Crippen molar-refractivity contribution >= 4 is 37.2 Å². The van der Waals surface area contributed by atoms with Gasteiger partial charge in [-0.15, -0.1) is 37.2 Å². The number of aromatic nitrogens is 2. The number of hydrogen-bond donors (Lipinski definition) is 2. The normalized spacial score (nSPS) is 12.9. The Hall–Kier alpha value is -0.000000000000000187. The minimum Gasteiger partial charge on any atom is -0.330 e. The molecule has 3 N–H and O–H groups in total. The Kier molecular flexibility index (Phi) is 9.49. The first-order valence-electron chi connectivity index (χ1n) is 4.36. The summed E-state index contributed by atoms with van der Waals surface area (Å²) in [5.41, 5.74) is 8.10. The highest BCUT2D eigenvalue weighted by molar-refractivity contribution is 5.86. The highest BCUT2D eigenvalue weighted by Crippen LogP contribution is 2.11. The van der Waals surface area contributed by atoms with Crippen molar-refractivity contribution < 1.29 is 0 Å². The van der Waals surface area contributed by atoms with E-state index in [4.69, 9.17) is 5.73 Å². The van der Waals surface area contributed by atoms with Gasteiger partial charge in [0.1, 0.15) is 0 Å². The minimum atomic E-state index is 0. The van der Waals surface area contributed by atoms with Gasteiger partial charge < -0.3 is 11.1 Å². The molecule has 0 bridgehead atoms. The second-order valence-electron chi connectivity index (χ2n) is 3.06. The van der Waals surface area contributed by atoms with Crippen LogP contribution in [0, 0.1) is 0 Å². The van der Waals surface area contributed by atoms with Crippen LogP contribution in [0.15, 0.2) is 6.20 Å². The fourth-order valence-corrected chi connectivity index (χ4v) is 1.60. The number of nitrogens with two attached hydrogens (primary N) is 1. The van der Waals surface area contributed by atoms with Gasteiger partial charge >= 0.3 is 0 Å². The number of hydrogen-bond acceptors (Lipinski definition) is 3. The summed E-state index contributed by atoms with van der Waals surface area (Å²) in [6, 6.07) is 0. The molecule has 1 aliphatic heterocycles. The zero-order valence-corrected chi connectivity index (χ0v) is 10.8. The third kappa shape index (κ3) is 3.81. The van der Waals surface area contributed by atoms with Gasteiger partial charge in [-0.05, 0) is 18.5 Å². The summed E-state index contributed by atoms with van der Waals surface area (Å²) in [6.07, 6.45) is 2.88. The Bertz CT molecular complexity index is 277. The first-order chi connectivity index (χ1) is 5.92. The van der Waals surface area contributed by atoms with Crippen LogP contribution in [0.3, 0.4) is 0 Å². The standard InChI is InChI=1S/C8H14N4.3ClH/c9-2-1-7-5-11-12-4-3-10-6-8(7)12;;;/h5,10H,1-4,6,9H2;3*1H. The third-order valence-electron chi connectivity index (χ3n) is 2.24.